The molecule has 3 aromatic heterocycles. The monoisotopic (exact) mass is 1640 g/mol. The molecule has 109 heavy (non-hydrogen) atoms. The molecule has 0 radical (unpaired) electrons. The van der Waals surface area contributed by atoms with Gasteiger partial charge in [0, 0.05) is 50.2 Å². The van der Waals surface area contributed by atoms with Gasteiger partial charge in [-0.25, -0.2) is 4.98 Å². The minimum absolute atomic E-state index is 0.00772. The average Bonchev–Trinajstić information content (AvgIpc) is 1.48. The Labute approximate surface area is 633 Å². The first-order valence-corrected chi connectivity index (χ1v) is 41.9. The summed E-state index contributed by atoms with van der Waals surface area (Å²) in [6.45, 7) is 4.35. The SMILES string of the molecule is COc1ccc2c(c1)nc1c(C#N)c(C)c(N=Nc3cc(C)c(N=Nc4cc(Nc5nc(Nc6cccc(S(=O)(=O)O)c6)nc(Sc6ccccc6)n5)c(N=Nc5cc(C)c(N=Nc6ccc([N+](=O)[O-])cc6S(=O)(=O)O)cc5SCCCS(=O)(=O)O)cc4SCCCS(=O)(=O)O)cc3OCCCS(=O)(=O)O)c(O)n12. The Hall–Kier alpha value is -10.6. The van der Waals surface area contributed by atoms with E-state index in [0.717, 1.165) is 59.6 Å². The molecule has 0 bridgehead atoms. The highest BCUT2D eigenvalue weighted by Gasteiger charge is 2.25. The number of nitro groups is 1. The minimum atomic E-state index is -5.11. The highest BCUT2D eigenvalue weighted by molar-refractivity contribution is 8.00. The smallest absolute Gasteiger partial charge is 0.297 e. The first-order valence-electron chi connectivity index (χ1n) is 31.4. The standard InChI is InChI=1S/C64H59N17O20S8/c1-36-26-51(76-79-59-38(3)44(35-65)60-67-50-30-41(100-4)17-19-54(50)80(60)61(59)82)55(101-20-9-23-105(85,86)87)32-46(36)73-78-53-31-48(68-63-69-62(66-39-12-8-15-43(28-39)108(94,95)96)70-64(71-63)104-42-13-6-5-7-14-42)49(34-57(53)103-22-11-25-107(91,92)93)75-77-52-27-37(2)47(33-56(52)102-21-10-24-106(88,89)90)74-72-45-18-16-40(81(83)84)29-58(45)109(97,98)99/h5-8,12-19,26-34,82H,9-11,20-25H2,1-4H3,(H,85,86,87)(H,88,89,90)(H,91,92,93)(H,94,95,96)(H,97,98,99)(H2,66,68,69,70,71). The quantitative estimate of drug-likeness (QED) is 0.00473. The van der Waals surface area contributed by atoms with Gasteiger partial charge in [-0.15, -0.1) is 54.2 Å². The zero-order valence-electron chi connectivity index (χ0n) is 56.9. The number of ether oxygens (including phenoxy) is 2. The number of rotatable bonds is 33. The van der Waals surface area contributed by atoms with Crippen molar-refractivity contribution in [3.05, 3.63) is 160 Å². The van der Waals surface area contributed by atoms with Crippen LogP contribution in [0.15, 0.2) is 198 Å². The molecule has 0 fully saturated rings. The molecule has 37 nitrogen and oxygen atoms in total. The molecule has 0 spiro atoms. The summed E-state index contributed by atoms with van der Waals surface area (Å²) < 4.78 is 183. The van der Waals surface area contributed by atoms with Crippen molar-refractivity contribution >= 4 is 177 Å². The molecule has 45 heteroatoms. The topological polar surface area (TPSA) is 556 Å². The number of aromatic nitrogens is 5. The van der Waals surface area contributed by atoms with Crippen LogP contribution in [0.3, 0.4) is 0 Å². The van der Waals surface area contributed by atoms with Gasteiger partial charge in [-0.1, -0.05) is 24.3 Å². The Balaban J connectivity index is 1.14. The van der Waals surface area contributed by atoms with Crippen molar-refractivity contribution in [3.63, 3.8) is 0 Å². The number of thioether (sulfide) groups is 2. The van der Waals surface area contributed by atoms with Crippen LogP contribution in [0.25, 0.3) is 16.7 Å². The zero-order valence-corrected chi connectivity index (χ0v) is 63.4. The molecule has 0 unspecified atom stereocenters. The first kappa shape index (κ1) is 80.9. The van der Waals surface area contributed by atoms with E-state index in [9.17, 15) is 85.3 Å². The summed E-state index contributed by atoms with van der Waals surface area (Å²) in [6.07, 6.45) is -0.462. The van der Waals surface area contributed by atoms with Crippen LogP contribution in [0.5, 0.6) is 17.4 Å². The Morgan fingerprint density at radius 2 is 1.17 bits per heavy atom. The lowest BCUT2D eigenvalue weighted by molar-refractivity contribution is -0.385. The van der Waals surface area contributed by atoms with Crippen LogP contribution in [0, 0.1) is 42.2 Å². The molecule has 0 aliphatic rings. The van der Waals surface area contributed by atoms with E-state index in [2.05, 4.69) is 67.5 Å². The largest absolute Gasteiger partial charge is 0.497 e. The number of pyridine rings is 1. The molecule has 10 rings (SSSR count). The second kappa shape index (κ2) is 34.3. The highest BCUT2D eigenvalue weighted by atomic mass is 32.2. The summed E-state index contributed by atoms with van der Waals surface area (Å²) in [5.41, 5.74) is 0.685. The van der Waals surface area contributed by atoms with Crippen molar-refractivity contribution in [1.82, 2.24) is 24.3 Å². The molecule has 8 N–H and O–H groups in total. The molecule has 0 saturated heterocycles. The number of hydrogen-bond donors (Lipinski definition) is 8. The third kappa shape index (κ3) is 21.8. The van der Waals surface area contributed by atoms with Crippen LogP contribution in [0.1, 0.15) is 41.5 Å². The summed E-state index contributed by atoms with van der Waals surface area (Å²) >= 11 is 3.12. The molecular weight excluding hydrogens is 1580 g/mol. The maximum atomic E-state index is 12.4. The van der Waals surface area contributed by atoms with Crippen molar-refractivity contribution in [2.45, 2.75) is 69.7 Å². The van der Waals surface area contributed by atoms with Crippen LogP contribution in [0.2, 0.25) is 0 Å². The number of aromatic hydroxyl groups is 1. The first-order chi connectivity index (χ1) is 51.5. The van der Waals surface area contributed by atoms with Gasteiger partial charge in [-0.2, -0.15) is 72.5 Å². The fourth-order valence-corrected chi connectivity index (χ4v) is 15.6. The maximum absolute atomic E-state index is 12.4. The lowest BCUT2D eigenvalue weighted by Gasteiger charge is -2.14. The number of methoxy groups -OCH3 is 1. The van der Waals surface area contributed by atoms with Crippen molar-refractivity contribution in [3.8, 4) is 23.4 Å². The van der Waals surface area contributed by atoms with Gasteiger partial charge in [0.1, 0.15) is 50.8 Å². The number of fused-ring (bicyclic) bond motifs is 3. The highest BCUT2D eigenvalue weighted by Crippen LogP contribution is 2.46. The number of non-ortho nitro benzene ring substituents is 1. The van der Waals surface area contributed by atoms with Gasteiger partial charge < -0.3 is 25.2 Å². The van der Waals surface area contributed by atoms with Gasteiger partial charge in [-0.3, -0.25) is 37.3 Å². The van der Waals surface area contributed by atoms with Crippen molar-refractivity contribution in [1.29, 1.82) is 5.26 Å². The molecule has 10 aromatic rings. The number of nitro benzene ring substituents is 1. The summed E-state index contributed by atoms with van der Waals surface area (Å²) in [7, 11) is -21.7. The number of nitrogens with zero attached hydrogens (tertiary/aromatic N) is 15. The molecule has 3 heterocycles. The van der Waals surface area contributed by atoms with E-state index in [1.165, 1.54) is 67.0 Å². The number of aryl methyl sites for hydroxylation is 2. The van der Waals surface area contributed by atoms with Crippen LogP contribution < -0.4 is 20.1 Å². The van der Waals surface area contributed by atoms with Crippen LogP contribution in [-0.2, 0) is 50.6 Å². The average molecular weight is 1640 g/mol. The van der Waals surface area contributed by atoms with Crippen LogP contribution in [-0.4, -0.2) is 142 Å². The summed E-state index contributed by atoms with van der Waals surface area (Å²) in [5, 5.41) is 75.6. The second-order valence-corrected chi connectivity index (χ2v) is 33.9. The molecule has 0 aliphatic heterocycles. The second-order valence-electron chi connectivity index (χ2n) is 23.0. The zero-order chi connectivity index (χ0) is 78.8. The van der Waals surface area contributed by atoms with Gasteiger partial charge in [-0.05, 0) is 153 Å². The predicted molar refractivity (Wildman–Crippen MR) is 402 cm³/mol. The molecular formula is C64H59N17O20S8. The molecule has 0 aliphatic carbocycles. The van der Waals surface area contributed by atoms with Crippen molar-refractivity contribution in [2.75, 3.05) is 53.1 Å². The summed E-state index contributed by atoms with van der Waals surface area (Å²) in [6, 6.07) is 32.0. The Morgan fingerprint density at radius 1 is 0.587 bits per heavy atom. The molecule has 0 amide bonds. The molecule has 0 saturated carbocycles. The molecule has 0 atom stereocenters. The number of nitriles is 1. The van der Waals surface area contributed by atoms with E-state index >= 15 is 0 Å². The van der Waals surface area contributed by atoms with Crippen molar-refractivity contribution < 1.29 is 84.4 Å². The van der Waals surface area contributed by atoms with Gasteiger partial charge in [0.05, 0.1) is 74.6 Å². The number of benzene rings is 7. The Morgan fingerprint density at radius 3 is 1.78 bits per heavy atom. The Kier molecular flexibility index (Phi) is 25.5. The number of nitrogens with one attached hydrogen (secondary N) is 2. The van der Waals surface area contributed by atoms with E-state index < -0.39 is 99.8 Å². The van der Waals surface area contributed by atoms with E-state index in [4.69, 9.17) is 19.6 Å². The number of azo groups is 4. The van der Waals surface area contributed by atoms with Gasteiger partial charge in [0.2, 0.25) is 17.8 Å². The van der Waals surface area contributed by atoms with Gasteiger partial charge in [0.25, 0.3) is 56.3 Å². The predicted octanol–water partition coefficient (Wildman–Crippen LogP) is 15.3. The lowest BCUT2D eigenvalue weighted by Crippen LogP contribution is -2.08. The lowest BCUT2D eigenvalue weighted by atomic mass is 10.1. The third-order valence-corrected chi connectivity index (χ3v) is 22.4. The summed E-state index contributed by atoms with van der Waals surface area (Å²) in [5.74, 6) is -2.49. The third-order valence-electron chi connectivity index (χ3n) is 15.1. The maximum Gasteiger partial charge on any atom is 0.297 e. The Bertz CT molecular complexity index is 6010. The minimum Gasteiger partial charge on any atom is -0.497 e. The molecule has 568 valence electrons. The van der Waals surface area contributed by atoms with Crippen LogP contribution in [0.4, 0.5) is 74.5 Å². The van der Waals surface area contributed by atoms with E-state index in [-0.39, 0.29) is 138 Å². The van der Waals surface area contributed by atoms with E-state index in [1.54, 1.807) is 62.4 Å². The van der Waals surface area contributed by atoms with Gasteiger partial charge >= 0.3 is 0 Å². The number of imidazole rings is 1. The van der Waals surface area contributed by atoms with E-state index in [1.807, 2.05) is 0 Å². The van der Waals surface area contributed by atoms with Crippen molar-refractivity contribution in [2.24, 2.45) is 40.9 Å². The van der Waals surface area contributed by atoms with Crippen LogP contribution >= 0.6 is 35.3 Å². The van der Waals surface area contributed by atoms with Gasteiger partial charge in [0.15, 0.2) is 16.5 Å². The molecule has 7 aromatic carbocycles. The fraction of sp³-hybridized carbons (Fsp3) is 0.203. The van der Waals surface area contributed by atoms with E-state index in [0.29, 0.717) is 38.9 Å². The normalized spacial score (nSPS) is 12.5. The fourth-order valence-electron chi connectivity index (χ4n) is 9.94. The number of hydrogen-bond acceptors (Lipinski definition) is 33. The number of anilines is 4. The summed E-state index contributed by atoms with van der Waals surface area (Å²) in [4.78, 5) is 28.8.